The van der Waals surface area contributed by atoms with Gasteiger partial charge in [-0.1, -0.05) is 12.1 Å². The molecule has 1 atom stereocenters. The summed E-state index contributed by atoms with van der Waals surface area (Å²) in [5, 5.41) is 4.35. The van der Waals surface area contributed by atoms with Gasteiger partial charge in [-0.05, 0) is 17.7 Å². The highest BCUT2D eigenvalue weighted by atomic mass is 32.1. The van der Waals surface area contributed by atoms with Gasteiger partial charge in [0.15, 0.2) is 10.8 Å². The number of ether oxygens (including phenoxy) is 2. The minimum Gasteiger partial charge on any atom is -0.497 e. The lowest BCUT2D eigenvalue weighted by atomic mass is 10.0. The average Bonchev–Trinajstić information content (AvgIpc) is 3.13. The molecule has 1 aromatic heterocycles. The van der Waals surface area contributed by atoms with Crippen LogP contribution in [-0.2, 0) is 10.9 Å². The molecular weight excluding hydrogens is 367 g/mol. The number of rotatable bonds is 6. The first-order valence-corrected chi connectivity index (χ1v) is 9.07. The lowest BCUT2D eigenvalue weighted by Gasteiger charge is -2.35. The van der Waals surface area contributed by atoms with Gasteiger partial charge in [0.1, 0.15) is 5.75 Å². The minimum absolute atomic E-state index is 0.00282. The lowest BCUT2D eigenvalue weighted by molar-refractivity contribution is -0.140. The van der Waals surface area contributed by atoms with Crippen molar-refractivity contribution in [3.8, 4) is 5.75 Å². The maximum Gasteiger partial charge on any atom is 0.434 e. The van der Waals surface area contributed by atoms with Crippen LogP contribution in [0.2, 0.25) is 0 Å². The number of benzene rings is 1. The molecule has 2 heterocycles. The fraction of sp³-hybridized carbons (Fsp3) is 0.471. The van der Waals surface area contributed by atoms with E-state index in [1.165, 1.54) is 0 Å². The van der Waals surface area contributed by atoms with Crippen molar-refractivity contribution in [2.24, 2.45) is 0 Å². The standard InChI is InChI=1S/C17H20F3N3O2S/c1-24-13-4-2-12(3-5-13)14(23-6-8-25-9-7-23)10-21-16-22-15(11-26-16)17(18,19)20/h2-5,11,14H,6-10H2,1H3,(H,21,22)/t14-/m0/s1. The highest BCUT2D eigenvalue weighted by molar-refractivity contribution is 7.13. The van der Waals surface area contributed by atoms with Crippen LogP contribution in [0.15, 0.2) is 29.6 Å². The third-order valence-corrected chi connectivity index (χ3v) is 5.03. The first kappa shape index (κ1) is 18.9. The van der Waals surface area contributed by atoms with E-state index in [0.29, 0.717) is 19.8 Å². The summed E-state index contributed by atoms with van der Waals surface area (Å²) in [7, 11) is 1.61. The van der Waals surface area contributed by atoms with Crippen molar-refractivity contribution >= 4 is 16.5 Å². The van der Waals surface area contributed by atoms with Crippen molar-refractivity contribution < 1.29 is 22.6 Å². The van der Waals surface area contributed by atoms with Crippen LogP contribution in [0.5, 0.6) is 5.75 Å². The van der Waals surface area contributed by atoms with Gasteiger partial charge >= 0.3 is 6.18 Å². The molecule has 1 fully saturated rings. The normalized spacial score (nSPS) is 17.1. The molecule has 5 nitrogen and oxygen atoms in total. The predicted octanol–water partition coefficient (Wildman–Crippen LogP) is 3.66. The zero-order chi connectivity index (χ0) is 18.6. The van der Waals surface area contributed by atoms with E-state index in [9.17, 15) is 13.2 Å². The summed E-state index contributed by atoms with van der Waals surface area (Å²) in [6, 6.07) is 7.72. The van der Waals surface area contributed by atoms with Crippen LogP contribution in [0.1, 0.15) is 17.3 Å². The number of hydrogen-bond donors (Lipinski definition) is 1. The van der Waals surface area contributed by atoms with Crippen molar-refractivity contribution in [2.75, 3.05) is 45.3 Å². The third-order valence-electron chi connectivity index (χ3n) is 4.23. The van der Waals surface area contributed by atoms with Crippen molar-refractivity contribution in [1.82, 2.24) is 9.88 Å². The van der Waals surface area contributed by atoms with E-state index in [1.807, 2.05) is 24.3 Å². The molecule has 9 heteroatoms. The van der Waals surface area contributed by atoms with Crippen LogP contribution in [0.25, 0.3) is 0 Å². The Morgan fingerprint density at radius 3 is 2.54 bits per heavy atom. The maximum atomic E-state index is 12.7. The molecule has 26 heavy (non-hydrogen) atoms. The molecule has 1 aliphatic heterocycles. The van der Waals surface area contributed by atoms with Gasteiger partial charge < -0.3 is 14.8 Å². The van der Waals surface area contributed by atoms with E-state index in [-0.39, 0.29) is 11.2 Å². The van der Waals surface area contributed by atoms with E-state index >= 15 is 0 Å². The number of nitrogens with zero attached hydrogens (tertiary/aromatic N) is 2. The van der Waals surface area contributed by atoms with Gasteiger partial charge in [-0.15, -0.1) is 11.3 Å². The van der Waals surface area contributed by atoms with Gasteiger partial charge in [-0.2, -0.15) is 13.2 Å². The van der Waals surface area contributed by atoms with Gasteiger partial charge in [-0.3, -0.25) is 4.90 Å². The number of halogens is 3. The monoisotopic (exact) mass is 387 g/mol. The molecule has 3 rings (SSSR count). The Morgan fingerprint density at radius 1 is 1.27 bits per heavy atom. The highest BCUT2D eigenvalue weighted by Crippen LogP contribution is 2.32. The summed E-state index contributed by atoms with van der Waals surface area (Å²) in [6.45, 7) is 3.27. The van der Waals surface area contributed by atoms with Gasteiger partial charge in [0.25, 0.3) is 0 Å². The van der Waals surface area contributed by atoms with E-state index in [0.717, 1.165) is 41.1 Å². The summed E-state index contributed by atoms with van der Waals surface area (Å²) in [6.07, 6.45) is -4.42. The fourth-order valence-corrected chi connectivity index (χ4v) is 3.57. The first-order chi connectivity index (χ1) is 12.5. The summed E-state index contributed by atoms with van der Waals surface area (Å²) in [5.41, 5.74) is 0.199. The van der Waals surface area contributed by atoms with Gasteiger partial charge in [0.05, 0.1) is 26.4 Å². The summed E-state index contributed by atoms with van der Waals surface area (Å²) < 4.78 is 48.7. The van der Waals surface area contributed by atoms with Crippen LogP contribution < -0.4 is 10.1 Å². The second-order valence-corrected chi connectivity index (χ2v) is 6.71. The number of nitrogens with one attached hydrogen (secondary N) is 1. The summed E-state index contributed by atoms with van der Waals surface area (Å²) >= 11 is 0.961. The van der Waals surface area contributed by atoms with Crippen molar-refractivity contribution in [1.29, 1.82) is 0 Å². The topological polar surface area (TPSA) is 46.6 Å². The summed E-state index contributed by atoms with van der Waals surface area (Å²) in [4.78, 5) is 5.90. The molecular formula is C17H20F3N3O2S. The van der Waals surface area contributed by atoms with E-state index < -0.39 is 11.9 Å². The number of hydrogen-bond acceptors (Lipinski definition) is 6. The van der Waals surface area contributed by atoms with Crippen molar-refractivity contribution in [3.63, 3.8) is 0 Å². The number of thiazole rings is 1. The van der Waals surface area contributed by atoms with Crippen molar-refractivity contribution in [2.45, 2.75) is 12.2 Å². The third kappa shape index (κ3) is 4.66. The quantitative estimate of drug-likeness (QED) is 0.820. The Morgan fingerprint density at radius 2 is 1.96 bits per heavy atom. The van der Waals surface area contributed by atoms with Gasteiger partial charge in [0, 0.05) is 25.0 Å². The molecule has 1 aliphatic rings. The maximum absolute atomic E-state index is 12.7. The van der Waals surface area contributed by atoms with Crippen LogP contribution in [0.3, 0.4) is 0 Å². The zero-order valence-corrected chi connectivity index (χ0v) is 15.1. The Hall–Kier alpha value is -1.84. The Bertz CT molecular complexity index is 700. The molecule has 1 saturated heterocycles. The number of anilines is 1. The number of morpholine rings is 1. The molecule has 1 aromatic carbocycles. The molecule has 0 radical (unpaired) electrons. The van der Waals surface area contributed by atoms with Crippen LogP contribution >= 0.6 is 11.3 Å². The van der Waals surface area contributed by atoms with Gasteiger partial charge in [0.2, 0.25) is 0 Å². The largest absolute Gasteiger partial charge is 0.497 e. The fourth-order valence-electron chi connectivity index (χ4n) is 2.84. The molecule has 142 valence electrons. The second-order valence-electron chi connectivity index (χ2n) is 5.85. The average molecular weight is 387 g/mol. The van der Waals surface area contributed by atoms with Crippen LogP contribution in [-0.4, -0.2) is 49.8 Å². The smallest absolute Gasteiger partial charge is 0.434 e. The molecule has 0 aliphatic carbocycles. The molecule has 0 spiro atoms. The highest BCUT2D eigenvalue weighted by Gasteiger charge is 2.34. The lowest BCUT2D eigenvalue weighted by Crippen LogP contribution is -2.41. The molecule has 0 bridgehead atoms. The van der Waals surface area contributed by atoms with Gasteiger partial charge in [-0.25, -0.2) is 4.98 Å². The molecule has 0 amide bonds. The first-order valence-electron chi connectivity index (χ1n) is 8.19. The van der Waals surface area contributed by atoms with E-state index in [2.05, 4.69) is 15.2 Å². The molecule has 0 saturated carbocycles. The van der Waals surface area contributed by atoms with Crippen LogP contribution in [0, 0.1) is 0 Å². The van der Waals surface area contributed by atoms with E-state index in [4.69, 9.17) is 9.47 Å². The Balaban J connectivity index is 1.73. The number of methoxy groups -OCH3 is 1. The number of aromatic nitrogens is 1. The van der Waals surface area contributed by atoms with E-state index in [1.54, 1.807) is 7.11 Å². The Kier molecular flexibility index (Phi) is 6.00. The van der Waals surface area contributed by atoms with Crippen LogP contribution in [0.4, 0.5) is 18.3 Å². The summed E-state index contributed by atoms with van der Waals surface area (Å²) in [5.74, 6) is 0.761. The minimum atomic E-state index is -4.42. The predicted molar refractivity (Wildman–Crippen MR) is 93.7 cm³/mol. The number of alkyl halides is 3. The molecule has 2 aromatic rings. The second kappa shape index (κ2) is 8.24. The zero-order valence-electron chi connectivity index (χ0n) is 14.3. The Labute approximate surface area is 153 Å². The SMILES string of the molecule is COc1ccc([C@H](CNc2nc(C(F)(F)F)cs2)N2CCOCC2)cc1. The molecule has 0 unspecified atom stereocenters. The van der Waals surface area contributed by atoms with Crippen molar-refractivity contribution in [3.05, 3.63) is 40.9 Å². The molecule has 1 N–H and O–H groups in total.